The van der Waals surface area contributed by atoms with Crippen LogP contribution in [0.15, 0.2) is 23.1 Å². The average Bonchev–Trinajstić information content (AvgIpc) is 3.25. The largest absolute Gasteiger partial charge is 0.398 e. The Hall–Kier alpha value is -1.29. The van der Waals surface area contributed by atoms with E-state index in [-0.39, 0.29) is 5.56 Å². The molecule has 0 bridgehead atoms. The minimum atomic E-state index is 0.0503. The molecule has 1 aromatic rings. The van der Waals surface area contributed by atoms with Crippen LogP contribution in [0, 0.1) is 5.92 Å². The van der Waals surface area contributed by atoms with E-state index in [4.69, 9.17) is 5.73 Å². The first-order valence-corrected chi connectivity index (χ1v) is 7.42. The fourth-order valence-corrected chi connectivity index (χ4v) is 2.66. The van der Waals surface area contributed by atoms with Crippen molar-refractivity contribution in [2.24, 2.45) is 5.92 Å². The van der Waals surface area contributed by atoms with Crippen LogP contribution in [0.4, 0.5) is 5.69 Å². The molecule has 1 heterocycles. The number of hydrogen-bond donors (Lipinski definition) is 1. The topological polar surface area (TPSA) is 51.3 Å². The van der Waals surface area contributed by atoms with Gasteiger partial charge in [0.2, 0.25) is 0 Å². The van der Waals surface area contributed by atoms with Crippen LogP contribution in [0.25, 0.3) is 0 Å². The number of rotatable bonds is 7. The molecule has 19 heavy (non-hydrogen) atoms. The Morgan fingerprint density at radius 2 is 2.05 bits per heavy atom. The lowest BCUT2D eigenvalue weighted by atomic mass is 10.3. The lowest BCUT2D eigenvalue weighted by Crippen LogP contribution is -2.31. The van der Waals surface area contributed by atoms with E-state index in [9.17, 15) is 4.79 Å². The molecule has 0 spiro atoms. The third-order valence-electron chi connectivity index (χ3n) is 4.10. The number of anilines is 1. The van der Waals surface area contributed by atoms with Crippen molar-refractivity contribution in [2.45, 2.75) is 44.7 Å². The summed E-state index contributed by atoms with van der Waals surface area (Å²) in [5, 5.41) is 0. The van der Waals surface area contributed by atoms with E-state index in [2.05, 4.69) is 4.90 Å². The molecular weight excluding hydrogens is 238 g/mol. The second-order valence-corrected chi connectivity index (χ2v) is 6.02. The van der Waals surface area contributed by atoms with E-state index in [1.165, 1.54) is 32.2 Å². The number of nitrogens with zero attached hydrogens (tertiary/aromatic N) is 2. The maximum Gasteiger partial charge on any atom is 0.250 e. The van der Waals surface area contributed by atoms with Gasteiger partial charge in [-0.3, -0.25) is 4.79 Å². The molecule has 4 heteroatoms. The van der Waals surface area contributed by atoms with Gasteiger partial charge in [-0.1, -0.05) is 0 Å². The molecule has 0 amide bonds. The zero-order valence-corrected chi connectivity index (χ0v) is 11.4. The van der Waals surface area contributed by atoms with E-state index in [1.807, 2.05) is 0 Å². The predicted molar refractivity (Wildman–Crippen MR) is 77.1 cm³/mol. The molecule has 2 aliphatic rings. The summed E-state index contributed by atoms with van der Waals surface area (Å²) in [4.78, 5) is 14.3. The van der Waals surface area contributed by atoms with Gasteiger partial charge in [0.05, 0.1) is 0 Å². The molecule has 0 radical (unpaired) electrons. The second-order valence-electron chi connectivity index (χ2n) is 6.02. The molecule has 3 rings (SSSR count). The van der Waals surface area contributed by atoms with Gasteiger partial charge in [-0.15, -0.1) is 0 Å². The number of pyridine rings is 1. The van der Waals surface area contributed by atoms with Crippen molar-refractivity contribution in [1.82, 2.24) is 9.47 Å². The number of nitrogens with two attached hydrogens (primary N) is 1. The van der Waals surface area contributed by atoms with Crippen molar-refractivity contribution in [3.8, 4) is 0 Å². The summed E-state index contributed by atoms with van der Waals surface area (Å²) in [6.45, 7) is 3.16. The molecule has 4 nitrogen and oxygen atoms in total. The van der Waals surface area contributed by atoms with E-state index in [0.29, 0.717) is 5.69 Å². The van der Waals surface area contributed by atoms with Gasteiger partial charge in [0, 0.05) is 43.6 Å². The smallest absolute Gasteiger partial charge is 0.250 e. The Bertz CT molecular complexity index is 488. The number of nitrogen functional groups attached to an aromatic ring is 1. The summed E-state index contributed by atoms with van der Waals surface area (Å²) in [5.74, 6) is 0.954. The minimum absolute atomic E-state index is 0.0503. The lowest BCUT2D eigenvalue weighted by Gasteiger charge is -2.21. The van der Waals surface area contributed by atoms with E-state index < -0.39 is 0 Å². The number of hydrogen-bond acceptors (Lipinski definition) is 3. The van der Waals surface area contributed by atoms with E-state index in [1.54, 1.807) is 22.9 Å². The molecule has 2 aliphatic carbocycles. The molecule has 0 unspecified atom stereocenters. The molecule has 0 saturated heterocycles. The van der Waals surface area contributed by atoms with Crippen molar-refractivity contribution in [1.29, 1.82) is 0 Å². The van der Waals surface area contributed by atoms with Crippen LogP contribution in [-0.4, -0.2) is 28.6 Å². The maximum absolute atomic E-state index is 11.7. The summed E-state index contributed by atoms with van der Waals surface area (Å²) >= 11 is 0. The van der Waals surface area contributed by atoms with Crippen LogP contribution in [0.3, 0.4) is 0 Å². The quantitative estimate of drug-likeness (QED) is 0.812. The monoisotopic (exact) mass is 261 g/mol. The van der Waals surface area contributed by atoms with Gasteiger partial charge in [0.25, 0.3) is 5.56 Å². The molecule has 0 aromatic carbocycles. The van der Waals surface area contributed by atoms with Crippen LogP contribution >= 0.6 is 0 Å². The fourth-order valence-electron chi connectivity index (χ4n) is 2.66. The molecule has 104 valence electrons. The minimum Gasteiger partial charge on any atom is -0.398 e. The third-order valence-corrected chi connectivity index (χ3v) is 4.10. The molecule has 0 atom stereocenters. The van der Waals surface area contributed by atoms with Gasteiger partial charge < -0.3 is 15.2 Å². The van der Waals surface area contributed by atoms with Crippen LogP contribution in [0.1, 0.15) is 32.1 Å². The summed E-state index contributed by atoms with van der Waals surface area (Å²) in [7, 11) is 0. The van der Waals surface area contributed by atoms with Crippen LogP contribution in [-0.2, 0) is 6.54 Å². The van der Waals surface area contributed by atoms with Crippen LogP contribution < -0.4 is 11.3 Å². The summed E-state index contributed by atoms with van der Waals surface area (Å²) in [6, 6.07) is 4.05. The molecule has 2 fully saturated rings. The van der Waals surface area contributed by atoms with Crippen LogP contribution in [0.2, 0.25) is 0 Å². The Morgan fingerprint density at radius 1 is 1.26 bits per heavy atom. The Balaban J connectivity index is 1.50. The average molecular weight is 261 g/mol. The highest BCUT2D eigenvalue weighted by Gasteiger charge is 2.33. The number of aryl methyl sites for hydroxylation is 1. The first-order chi connectivity index (χ1) is 9.22. The Kier molecular flexibility index (Phi) is 3.60. The lowest BCUT2D eigenvalue weighted by molar-refractivity contribution is 0.244. The van der Waals surface area contributed by atoms with Gasteiger partial charge in [-0.05, 0) is 44.1 Å². The van der Waals surface area contributed by atoms with Gasteiger partial charge in [-0.25, -0.2) is 0 Å². The van der Waals surface area contributed by atoms with Crippen LogP contribution in [0.5, 0.6) is 0 Å². The highest BCUT2D eigenvalue weighted by molar-refractivity contribution is 5.33. The van der Waals surface area contributed by atoms with Crippen molar-refractivity contribution in [3.63, 3.8) is 0 Å². The third kappa shape index (κ3) is 3.60. The van der Waals surface area contributed by atoms with E-state index in [0.717, 1.165) is 31.5 Å². The van der Waals surface area contributed by atoms with Crippen molar-refractivity contribution >= 4 is 5.69 Å². The highest BCUT2D eigenvalue weighted by Crippen LogP contribution is 2.34. The molecule has 1 aromatic heterocycles. The van der Waals surface area contributed by atoms with Gasteiger partial charge in [0.15, 0.2) is 0 Å². The van der Waals surface area contributed by atoms with Gasteiger partial charge in [-0.2, -0.15) is 0 Å². The Labute approximate surface area is 114 Å². The van der Waals surface area contributed by atoms with Crippen molar-refractivity contribution in [2.75, 3.05) is 18.8 Å². The summed E-state index contributed by atoms with van der Waals surface area (Å²) in [6.07, 6.45) is 8.35. The number of aromatic nitrogens is 1. The SMILES string of the molecule is Nc1ccc(=O)n(CCCN(CC2CC2)C2CC2)c1. The predicted octanol–water partition coefficient (Wildman–Crippen LogP) is 1.69. The first kappa shape index (κ1) is 12.7. The molecule has 2 saturated carbocycles. The fraction of sp³-hybridized carbons (Fsp3) is 0.667. The molecule has 0 aliphatic heterocycles. The zero-order valence-electron chi connectivity index (χ0n) is 11.4. The standard InChI is InChI=1S/C15H23N3O/c16-13-4-7-15(19)18(11-13)9-1-8-17(14-5-6-14)10-12-2-3-12/h4,7,11-12,14H,1-3,5-6,8-10,16H2. The van der Waals surface area contributed by atoms with Gasteiger partial charge >= 0.3 is 0 Å². The van der Waals surface area contributed by atoms with E-state index >= 15 is 0 Å². The zero-order chi connectivity index (χ0) is 13.2. The van der Waals surface area contributed by atoms with Crippen molar-refractivity contribution < 1.29 is 0 Å². The summed E-state index contributed by atoms with van der Waals surface area (Å²) < 4.78 is 1.73. The second kappa shape index (κ2) is 5.37. The maximum atomic E-state index is 11.7. The first-order valence-electron chi connectivity index (χ1n) is 7.42. The molecule has 2 N–H and O–H groups in total. The van der Waals surface area contributed by atoms with Crippen molar-refractivity contribution in [3.05, 3.63) is 28.7 Å². The normalized spacial score (nSPS) is 19.0. The Morgan fingerprint density at radius 3 is 2.74 bits per heavy atom. The molecular formula is C15H23N3O. The van der Waals surface area contributed by atoms with Gasteiger partial charge in [0.1, 0.15) is 0 Å². The highest BCUT2D eigenvalue weighted by atomic mass is 16.1. The summed E-state index contributed by atoms with van der Waals surface area (Å²) in [5.41, 5.74) is 6.44.